The lowest BCUT2D eigenvalue weighted by atomic mass is 10.1. The Hall–Kier alpha value is -4.49. The number of aromatic nitrogens is 4. The molecule has 0 atom stereocenters. The fourth-order valence-electron chi connectivity index (χ4n) is 3.75. The molecule has 178 valence electrons. The van der Waals surface area contributed by atoms with E-state index >= 15 is 0 Å². The third-order valence-corrected chi connectivity index (χ3v) is 5.75. The molecule has 0 radical (unpaired) electrons. The molecule has 0 fully saturated rings. The molecular formula is C28H22ClN5O2. The van der Waals surface area contributed by atoms with E-state index in [2.05, 4.69) is 15.3 Å². The zero-order chi connectivity index (χ0) is 24.9. The highest BCUT2D eigenvalue weighted by Gasteiger charge is 2.16. The number of rotatable bonds is 7. The van der Waals surface area contributed by atoms with Crippen LogP contribution in [0.2, 0.25) is 5.02 Å². The number of halogens is 1. The number of anilines is 1. The zero-order valence-electron chi connectivity index (χ0n) is 19.4. The summed E-state index contributed by atoms with van der Waals surface area (Å²) >= 11 is 6.08. The van der Waals surface area contributed by atoms with E-state index in [-0.39, 0.29) is 18.3 Å². The molecule has 2 heterocycles. The van der Waals surface area contributed by atoms with E-state index in [0.717, 1.165) is 28.1 Å². The Morgan fingerprint density at radius 2 is 1.72 bits per heavy atom. The average molecular weight is 496 g/mol. The van der Waals surface area contributed by atoms with E-state index in [9.17, 15) is 4.79 Å². The molecular weight excluding hydrogens is 474 g/mol. The van der Waals surface area contributed by atoms with E-state index in [1.807, 2.05) is 73.8 Å². The molecule has 7 nitrogen and oxygen atoms in total. The van der Waals surface area contributed by atoms with Gasteiger partial charge in [-0.2, -0.15) is 5.10 Å². The molecule has 0 aliphatic carbocycles. The van der Waals surface area contributed by atoms with Crippen molar-refractivity contribution in [2.45, 2.75) is 13.3 Å². The molecule has 0 saturated heterocycles. The van der Waals surface area contributed by atoms with Crippen molar-refractivity contribution in [3.8, 4) is 28.7 Å². The molecule has 8 heteroatoms. The fraction of sp³-hybridized carbons (Fsp3) is 0.0714. The monoisotopic (exact) mass is 495 g/mol. The number of amides is 1. The summed E-state index contributed by atoms with van der Waals surface area (Å²) in [6.07, 6.45) is 5.27. The Morgan fingerprint density at radius 1 is 0.972 bits per heavy atom. The largest absolute Gasteiger partial charge is 0.424 e. The molecule has 0 saturated carbocycles. The average Bonchev–Trinajstić information content (AvgIpc) is 3.31. The van der Waals surface area contributed by atoms with Gasteiger partial charge in [-0.3, -0.25) is 4.79 Å². The number of hydrogen-bond donors (Lipinski definition) is 1. The second kappa shape index (κ2) is 10.4. The summed E-state index contributed by atoms with van der Waals surface area (Å²) in [6.45, 7) is 1.90. The van der Waals surface area contributed by atoms with Crippen LogP contribution in [0.4, 0.5) is 5.69 Å². The van der Waals surface area contributed by atoms with Gasteiger partial charge in [-0.1, -0.05) is 41.9 Å². The van der Waals surface area contributed by atoms with Gasteiger partial charge in [-0.15, -0.1) is 0 Å². The van der Waals surface area contributed by atoms with Gasteiger partial charge in [0.25, 0.3) is 0 Å². The highest BCUT2D eigenvalue weighted by molar-refractivity contribution is 6.30. The molecule has 0 unspecified atom stereocenters. The number of nitrogens with one attached hydrogen (secondary N) is 1. The molecule has 0 spiro atoms. The SMILES string of the molecule is Cc1cc(Oc2ncccn2)ccc1NC(=O)Cc1cn(-c2ccccc2)nc1-c1ccc(Cl)cc1. The van der Waals surface area contributed by atoms with E-state index in [4.69, 9.17) is 21.4 Å². The summed E-state index contributed by atoms with van der Waals surface area (Å²) in [5.74, 6) is 0.437. The normalized spacial score (nSPS) is 10.7. The van der Waals surface area contributed by atoms with Gasteiger partial charge in [0, 0.05) is 40.4 Å². The van der Waals surface area contributed by atoms with E-state index in [1.165, 1.54) is 0 Å². The van der Waals surface area contributed by atoms with Crippen molar-refractivity contribution in [1.82, 2.24) is 19.7 Å². The fourth-order valence-corrected chi connectivity index (χ4v) is 3.88. The third-order valence-electron chi connectivity index (χ3n) is 5.50. The standard InChI is InChI=1S/C28H22ClN5O2/c1-19-16-24(36-28-30-14-5-15-31-28)12-13-25(19)32-26(35)17-21-18-34(23-6-3-2-4-7-23)33-27(21)20-8-10-22(29)11-9-20/h2-16,18H,17H2,1H3,(H,32,35). The van der Waals surface area contributed by atoms with Crippen molar-refractivity contribution in [1.29, 1.82) is 0 Å². The Morgan fingerprint density at radius 3 is 2.44 bits per heavy atom. The topological polar surface area (TPSA) is 81.9 Å². The number of ether oxygens (including phenoxy) is 1. The number of hydrogen-bond acceptors (Lipinski definition) is 5. The first-order valence-corrected chi connectivity index (χ1v) is 11.7. The summed E-state index contributed by atoms with van der Waals surface area (Å²) in [7, 11) is 0. The summed E-state index contributed by atoms with van der Waals surface area (Å²) in [5.41, 5.74) is 4.89. The van der Waals surface area contributed by atoms with Crippen molar-refractivity contribution in [3.63, 3.8) is 0 Å². The van der Waals surface area contributed by atoms with Gasteiger partial charge in [0.1, 0.15) is 5.75 Å². The second-order valence-corrected chi connectivity index (χ2v) is 8.56. The van der Waals surface area contributed by atoms with Gasteiger partial charge in [0.15, 0.2) is 0 Å². The molecule has 2 aromatic heterocycles. The van der Waals surface area contributed by atoms with Crippen LogP contribution in [0.1, 0.15) is 11.1 Å². The number of carbonyl (C=O) groups excluding carboxylic acids is 1. The van der Waals surface area contributed by atoms with Crippen LogP contribution < -0.4 is 10.1 Å². The maximum absolute atomic E-state index is 13.1. The van der Waals surface area contributed by atoms with Crippen LogP contribution in [0.25, 0.3) is 16.9 Å². The summed E-state index contributed by atoms with van der Waals surface area (Å²) in [4.78, 5) is 21.2. The summed E-state index contributed by atoms with van der Waals surface area (Å²) in [6, 6.07) is 24.6. The zero-order valence-corrected chi connectivity index (χ0v) is 20.2. The third kappa shape index (κ3) is 5.42. The van der Waals surface area contributed by atoms with Gasteiger partial charge in [-0.25, -0.2) is 14.6 Å². The van der Waals surface area contributed by atoms with Crippen molar-refractivity contribution in [3.05, 3.63) is 114 Å². The van der Waals surface area contributed by atoms with E-state index in [0.29, 0.717) is 16.5 Å². The first-order chi connectivity index (χ1) is 17.5. The number of nitrogens with zero attached hydrogens (tertiary/aromatic N) is 4. The minimum absolute atomic E-state index is 0.152. The van der Waals surface area contributed by atoms with Gasteiger partial charge >= 0.3 is 6.01 Å². The summed E-state index contributed by atoms with van der Waals surface area (Å²) < 4.78 is 7.46. The molecule has 3 aromatic carbocycles. The van der Waals surface area contributed by atoms with Crippen LogP contribution in [0, 0.1) is 6.92 Å². The molecule has 0 aliphatic heterocycles. The van der Waals surface area contributed by atoms with Gasteiger partial charge in [-0.05, 0) is 61.0 Å². The highest BCUT2D eigenvalue weighted by Crippen LogP contribution is 2.27. The van der Waals surface area contributed by atoms with E-state index in [1.54, 1.807) is 35.3 Å². The lowest BCUT2D eigenvalue weighted by molar-refractivity contribution is -0.115. The van der Waals surface area contributed by atoms with Crippen molar-refractivity contribution in [2.75, 3.05) is 5.32 Å². The Kier molecular flexibility index (Phi) is 6.73. The molecule has 1 N–H and O–H groups in total. The number of aryl methyl sites for hydroxylation is 1. The molecule has 0 aliphatic rings. The number of carbonyl (C=O) groups is 1. The smallest absolute Gasteiger partial charge is 0.321 e. The van der Waals surface area contributed by atoms with Crippen LogP contribution in [-0.2, 0) is 11.2 Å². The second-order valence-electron chi connectivity index (χ2n) is 8.13. The minimum atomic E-state index is -0.152. The quantitative estimate of drug-likeness (QED) is 0.288. The van der Waals surface area contributed by atoms with Crippen molar-refractivity contribution >= 4 is 23.2 Å². The van der Waals surface area contributed by atoms with Crippen LogP contribution in [0.5, 0.6) is 11.8 Å². The van der Waals surface area contributed by atoms with Crippen LogP contribution in [0.15, 0.2) is 97.5 Å². The highest BCUT2D eigenvalue weighted by atomic mass is 35.5. The predicted octanol–water partition coefficient (Wildman–Crippen LogP) is 6.26. The lowest BCUT2D eigenvalue weighted by Crippen LogP contribution is -2.15. The van der Waals surface area contributed by atoms with Crippen LogP contribution >= 0.6 is 11.6 Å². The van der Waals surface area contributed by atoms with Gasteiger partial charge in [0.2, 0.25) is 5.91 Å². The number of benzene rings is 3. The number of para-hydroxylation sites is 1. The Bertz CT molecular complexity index is 1490. The van der Waals surface area contributed by atoms with Crippen LogP contribution in [0.3, 0.4) is 0 Å². The summed E-state index contributed by atoms with van der Waals surface area (Å²) in [5, 5.41) is 8.42. The first kappa shape index (κ1) is 23.3. The molecule has 36 heavy (non-hydrogen) atoms. The van der Waals surface area contributed by atoms with Crippen LogP contribution in [-0.4, -0.2) is 25.7 Å². The van der Waals surface area contributed by atoms with E-state index < -0.39 is 0 Å². The lowest BCUT2D eigenvalue weighted by Gasteiger charge is -2.10. The Balaban J connectivity index is 1.36. The maximum Gasteiger partial charge on any atom is 0.321 e. The van der Waals surface area contributed by atoms with Gasteiger partial charge in [0.05, 0.1) is 17.8 Å². The predicted molar refractivity (Wildman–Crippen MR) is 140 cm³/mol. The molecule has 0 bridgehead atoms. The van der Waals surface area contributed by atoms with Crippen molar-refractivity contribution < 1.29 is 9.53 Å². The minimum Gasteiger partial charge on any atom is -0.424 e. The van der Waals surface area contributed by atoms with Crippen molar-refractivity contribution in [2.24, 2.45) is 0 Å². The Labute approximate surface area is 213 Å². The van der Waals surface area contributed by atoms with Gasteiger partial charge < -0.3 is 10.1 Å². The molecule has 5 rings (SSSR count). The first-order valence-electron chi connectivity index (χ1n) is 11.3. The maximum atomic E-state index is 13.1. The molecule has 5 aromatic rings. The molecule has 1 amide bonds.